The summed E-state index contributed by atoms with van der Waals surface area (Å²) in [6.45, 7) is 2.31. The van der Waals surface area contributed by atoms with Gasteiger partial charge in [-0.3, -0.25) is 0 Å². The molecule has 88 valence electrons. The van der Waals surface area contributed by atoms with Crippen LogP contribution in [0.25, 0.3) is 11.3 Å². The zero-order chi connectivity index (χ0) is 11.7. The number of thiazole rings is 1. The third kappa shape index (κ3) is 2.24. The molecule has 4 heteroatoms. The summed E-state index contributed by atoms with van der Waals surface area (Å²) in [6.07, 6.45) is 2.59. The third-order valence-corrected chi connectivity index (χ3v) is 4.61. The molecule has 1 aromatic carbocycles. The largest absolute Gasteiger partial charge is 0.348 e. The van der Waals surface area contributed by atoms with Gasteiger partial charge in [0.2, 0.25) is 0 Å². The Morgan fingerprint density at radius 1 is 1.18 bits per heavy atom. The van der Waals surface area contributed by atoms with Gasteiger partial charge in [-0.25, -0.2) is 4.98 Å². The van der Waals surface area contributed by atoms with Crippen LogP contribution >= 0.6 is 27.3 Å². The fraction of sp³-hybridized carbons (Fsp3) is 0.308. The molecule has 2 nitrogen and oxygen atoms in total. The maximum Gasteiger partial charge on any atom is 0.185 e. The number of anilines is 1. The summed E-state index contributed by atoms with van der Waals surface area (Å²) >= 11 is 5.32. The van der Waals surface area contributed by atoms with Crippen molar-refractivity contribution < 1.29 is 0 Å². The molecule has 1 fully saturated rings. The van der Waals surface area contributed by atoms with Crippen LogP contribution in [0.15, 0.2) is 34.1 Å². The number of hydrogen-bond acceptors (Lipinski definition) is 3. The van der Waals surface area contributed by atoms with Crippen molar-refractivity contribution in [1.82, 2.24) is 4.98 Å². The monoisotopic (exact) mass is 308 g/mol. The van der Waals surface area contributed by atoms with Gasteiger partial charge >= 0.3 is 0 Å². The van der Waals surface area contributed by atoms with Gasteiger partial charge in [0.25, 0.3) is 0 Å². The molecule has 0 amide bonds. The van der Waals surface area contributed by atoms with Crippen molar-refractivity contribution in [2.24, 2.45) is 0 Å². The molecule has 3 rings (SSSR count). The lowest BCUT2D eigenvalue weighted by atomic mass is 10.2. The van der Waals surface area contributed by atoms with Crippen molar-refractivity contribution in [3.05, 3.63) is 34.1 Å². The van der Waals surface area contributed by atoms with Crippen LogP contribution in [0.3, 0.4) is 0 Å². The standard InChI is InChI=1S/C13H13BrN2S/c14-11-6-2-1-5-10(11)12-9-17-13(15-12)16-7-3-4-8-16/h1-2,5-6,9H,3-4,7-8H2. The average molecular weight is 309 g/mol. The van der Waals surface area contributed by atoms with Gasteiger partial charge in [0.05, 0.1) is 5.69 Å². The van der Waals surface area contributed by atoms with Crippen molar-refractivity contribution in [2.75, 3.05) is 18.0 Å². The Kier molecular flexibility index (Phi) is 3.16. The Labute approximate surface area is 113 Å². The van der Waals surface area contributed by atoms with Gasteiger partial charge in [-0.2, -0.15) is 0 Å². The summed E-state index contributed by atoms with van der Waals surface area (Å²) in [5.74, 6) is 0. The lowest BCUT2D eigenvalue weighted by Crippen LogP contribution is -2.17. The molecule has 0 atom stereocenters. The highest BCUT2D eigenvalue weighted by atomic mass is 79.9. The summed E-state index contributed by atoms with van der Waals surface area (Å²) in [5, 5.41) is 3.31. The van der Waals surface area contributed by atoms with E-state index in [1.807, 2.05) is 6.07 Å². The first kappa shape index (κ1) is 11.2. The Bertz CT molecular complexity index is 518. The SMILES string of the molecule is Brc1ccccc1-c1csc(N2CCCC2)n1. The van der Waals surface area contributed by atoms with Crippen LogP contribution in [-0.2, 0) is 0 Å². The lowest BCUT2D eigenvalue weighted by Gasteiger charge is -2.12. The number of halogens is 1. The van der Waals surface area contributed by atoms with Crippen molar-refractivity contribution in [1.29, 1.82) is 0 Å². The van der Waals surface area contributed by atoms with Crippen molar-refractivity contribution in [3.63, 3.8) is 0 Å². The van der Waals surface area contributed by atoms with E-state index in [2.05, 4.69) is 44.4 Å². The number of hydrogen-bond donors (Lipinski definition) is 0. The normalized spacial score (nSPS) is 15.5. The molecule has 1 aliphatic heterocycles. The molecule has 0 spiro atoms. The van der Waals surface area contributed by atoms with E-state index < -0.39 is 0 Å². The minimum Gasteiger partial charge on any atom is -0.348 e. The summed E-state index contributed by atoms with van der Waals surface area (Å²) in [7, 11) is 0. The highest BCUT2D eigenvalue weighted by Gasteiger charge is 2.16. The third-order valence-electron chi connectivity index (χ3n) is 3.02. The fourth-order valence-corrected chi connectivity index (χ4v) is 3.48. The molecule has 2 heterocycles. The Morgan fingerprint density at radius 2 is 1.94 bits per heavy atom. The van der Waals surface area contributed by atoms with E-state index in [0.29, 0.717) is 0 Å². The number of nitrogens with zero attached hydrogens (tertiary/aromatic N) is 2. The molecular formula is C13H13BrN2S. The second-order valence-electron chi connectivity index (χ2n) is 4.19. The van der Waals surface area contributed by atoms with E-state index in [1.54, 1.807) is 11.3 Å². The second-order valence-corrected chi connectivity index (χ2v) is 5.88. The first-order valence-corrected chi connectivity index (χ1v) is 7.47. The maximum atomic E-state index is 4.74. The summed E-state index contributed by atoms with van der Waals surface area (Å²) in [5.41, 5.74) is 2.25. The molecule has 1 aliphatic rings. The van der Waals surface area contributed by atoms with Crippen LogP contribution in [-0.4, -0.2) is 18.1 Å². The average Bonchev–Trinajstić information content (AvgIpc) is 3.00. The van der Waals surface area contributed by atoms with Gasteiger partial charge in [-0.15, -0.1) is 11.3 Å². The van der Waals surface area contributed by atoms with Gasteiger partial charge in [0.1, 0.15) is 0 Å². The van der Waals surface area contributed by atoms with Gasteiger partial charge in [-0.1, -0.05) is 34.1 Å². The molecule has 2 aromatic rings. The Morgan fingerprint density at radius 3 is 2.71 bits per heavy atom. The quantitative estimate of drug-likeness (QED) is 0.827. The maximum absolute atomic E-state index is 4.74. The van der Waals surface area contributed by atoms with Crippen molar-refractivity contribution in [3.8, 4) is 11.3 Å². The lowest BCUT2D eigenvalue weighted by molar-refractivity contribution is 0.949. The van der Waals surface area contributed by atoms with Gasteiger partial charge < -0.3 is 4.90 Å². The van der Waals surface area contributed by atoms with Crippen LogP contribution in [0.1, 0.15) is 12.8 Å². The van der Waals surface area contributed by atoms with E-state index in [-0.39, 0.29) is 0 Å². The summed E-state index contributed by atoms with van der Waals surface area (Å²) in [4.78, 5) is 7.12. The Hall–Kier alpha value is -0.870. The van der Waals surface area contributed by atoms with Gasteiger partial charge in [0.15, 0.2) is 5.13 Å². The first-order valence-electron chi connectivity index (χ1n) is 5.80. The molecule has 0 bridgehead atoms. The number of benzene rings is 1. The highest BCUT2D eigenvalue weighted by molar-refractivity contribution is 9.10. The van der Waals surface area contributed by atoms with E-state index in [1.165, 1.54) is 18.4 Å². The zero-order valence-corrected chi connectivity index (χ0v) is 11.8. The Balaban J connectivity index is 1.92. The zero-order valence-electron chi connectivity index (χ0n) is 9.40. The van der Waals surface area contributed by atoms with Crippen LogP contribution in [0.2, 0.25) is 0 Å². The van der Waals surface area contributed by atoms with E-state index in [4.69, 9.17) is 4.98 Å². The molecule has 1 saturated heterocycles. The van der Waals surface area contributed by atoms with E-state index in [0.717, 1.165) is 28.4 Å². The van der Waals surface area contributed by atoms with Gasteiger partial charge in [-0.05, 0) is 18.9 Å². The van der Waals surface area contributed by atoms with Crippen LogP contribution in [0.5, 0.6) is 0 Å². The number of aromatic nitrogens is 1. The van der Waals surface area contributed by atoms with Crippen molar-refractivity contribution >= 4 is 32.4 Å². The highest BCUT2D eigenvalue weighted by Crippen LogP contribution is 2.32. The molecule has 0 aliphatic carbocycles. The minimum absolute atomic E-state index is 1.07. The van der Waals surface area contributed by atoms with Gasteiger partial charge in [0, 0.05) is 28.5 Å². The topological polar surface area (TPSA) is 16.1 Å². The predicted molar refractivity (Wildman–Crippen MR) is 76.7 cm³/mol. The summed E-state index contributed by atoms with van der Waals surface area (Å²) in [6, 6.07) is 8.24. The number of rotatable bonds is 2. The molecule has 17 heavy (non-hydrogen) atoms. The minimum atomic E-state index is 1.07. The molecule has 0 N–H and O–H groups in total. The van der Waals surface area contributed by atoms with E-state index >= 15 is 0 Å². The molecule has 1 aromatic heterocycles. The van der Waals surface area contributed by atoms with Crippen molar-refractivity contribution in [2.45, 2.75) is 12.8 Å². The van der Waals surface area contributed by atoms with Crippen LogP contribution in [0.4, 0.5) is 5.13 Å². The molecule has 0 unspecified atom stereocenters. The molecule has 0 saturated carbocycles. The predicted octanol–water partition coefficient (Wildman–Crippen LogP) is 4.17. The van der Waals surface area contributed by atoms with Crippen LogP contribution in [0, 0.1) is 0 Å². The van der Waals surface area contributed by atoms with E-state index in [9.17, 15) is 0 Å². The van der Waals surface area contributed by atoms with Crippen LogP contribution < -0.4 is 4.90 Å². The second kappa shape index (κ2) is 4.78. The first-order chi connectivity index (χ1) is 8.34. The fourth-order valence-electron chi connectivity index (χ4n) is 2.11. The smallest absolute Gasteiger partial charge is 0.185 e. The molecule has 0 radical (unpaired) electrons. The molecular weight excluding hydrogens is 296 g/mol. The summed E-state index contributed by atoms with van der Waals surface area (Å²) < 4.78 is 1.11.